The molecule has 0 aliphatic heterocycles. The Balaban J connectivity index is 2.48. The van der Waals surface area contributed by atoms with Crippen LogP contribution in [0.4, 0.5) is 0 Å². The molecule has 18 heavy (non-hydrogen) atoms. The summed E-state index contributed by atoms with van der Waals surface area (Å²) >= 11 is 14.1. The van der Waals surface area contributed by atoms with Crippen molar-refractivity contribution in [3.63, 3.8) is 0 Å². The molecule has 4 heteroatoms. The van der Waals surface area contributed by atoms with Crippen molar-refractivity contribution in [3.05, 3.63) is 55.7 Å². The zero-order valence-corrected chi connectivity index (χ0v) is 12.7. The second-order valence-electron chi connectivity index (χ2n) is 4.09. The standard InChI is InChI=1S/C14H15Cl2NS/c1-3-17-14(11-6-7-18-9(11)2)12-8-10(15)4-5-13(12)16/h4-8,14,17H,3H2,1-2H3. The van der Waals surface area contributed by atoms with Crippen LogP contribution in [0.25, 0.3) is 0 Å². The van der Waals surface area contributed by atoms with Gasteiger partial charge in [0.2, 0.25) is 0 Å². The third-order valence-electron chi connectivity index (χ3n) is 2.89. The van der Waals surface area contributed by atoms with Crippen LogP contribution >= 0.6 is 34.5 Å². The first-order valence-corrected chi connectivity index (χ1v) is 7.49. The maximum atomic E-state index is 6.30. The summed E-state index contributed by atoms with van der Waals surface area (Å²) in [6, 6.07) is 7.86. The van der Waals surface area contributed by atoms with Crippen molar-refractivity contribution in [3.8, 4) is 0 Å². The van der Waals surface area contributed by atoms with E-state index in [9.17, 15) is 0 Å². The summed E-state index contributed by atoms with van der Waals surface area (Å²) in [6.07, 6.45) is 0. The minimum absolute atomic E-state index is 0.104. The second-order valence-corrected chi connectivity index (χ2v) is 6.05. The van der Waals surface area contributed by atoms with E-state index in [1.165, 1.54) is 10.4 Å². The molecule has 2 rings (SSSR count). The number of aryl methyl sites for hydroxylation is 1. The van der Waals surface area contributed by atoms with E-state index in [0.29, 0.717) is 5.02 Å². The number of benzene rings is 1. The largest absolute Gasteiger partial charge is 0.306 e. The maximum Gasteiger partial charge on any atom is 0.0602 e. The van der Waals surface area contributed by atoms with Crippen LogP contribution in [-0.4, -0.2) is 6.54 Å². The molecule has 0 radical (unpaired) electrons. The number of hydrogen-bond donors (Lipinski definition) is 1. The van der Waals surface area contributed by atoms with Crippen molar-refractivity contribution in [2.45, 2.75) is 19.9 Å². The first-order valence-electron chi connectivity index (χ1n) is 5.85. The van der Waals surface area contributed by atoms with Gasteiger partial charge in [-0.25, -0.2) is 0 Å². The Kier molecular flexibility index (Phi) is 4.68. The van der Waals surface area contributed by atoms with E-state index < -0.39 is 0 Å². The van der Waals surface area contributed by atoms with Gasteiger partial charge < -0.3 is 5.32 Å². The molecule has 1 heterocycles. The normalized spacial score (nSPS) is 12.7. The third-order valence-corrected chi connectivity index (χ3v) is 4.33. The van der Waals surface area contributed by atoms with Crippen LogP contribution in [0.3, 0.4) is 0 Å². The highest BCUT2D eigenvalue weighted by molar-refractivity contribution is 7.10. The van der Waals surface area contributed by atoms with Gasteiger partial charge in [0.25, 0.3) is 0 Å². The molecule has 0 fully saturated rings. The molecule has 1 atom stereocenters. The second kappa shape index (κ2) is 6.07. The lowest BCUT2D eigenvalue weighted by Gasteiger charge is -2.20. The van der Waals surface area contributed by atoms with Crippen LogP contribution in [-0.2, 0) is 0 Å². The van der Waals surface area contributed by atoms with Gasteiger partial charge in [-0.1, -0.05) is 30.1 Å². The van der Waals surface area contributed by atoms with Crippen molar-refractivity contribution in [2.24, 2.45) is 0 Å². The van der Waals surface area contributed by atoms with Crippen LogP contribution in [0.15, 0.2) is 29.6 Å². The summed E-state index contributed by atoms with van der Waals surface area (Å²) in [5.74, 6) is 0. The molecule has 1 N–H and O–H groups in total. The van der Waals surface area contributed by atoms with Gasteiger partial charge in [-0.05, 0) is 54.2 Å². The Morgan fingerprint density at radius 3 is 2.61 bits per heavy atom. The molecule has 0 saturated heterocycles. The summed E-state index contributed by atoms with van der Waals surface area (Å²) in [5, 5.41) is 7.04. The van der Waals surface area contributed by atoms with E-state index in [4.69, 9.17) is 23.2 Å². The lowest BCUT2D eigenvalue weighted by molar-refractivity contribution is 0.630. The molecular formula is C14H15Cl2NS. The molecule has 0 saturated carbocycles. The van der Waals surface area contributed by atoms with Crippen LogP contribution in [0.5, 0.6) is 0 Å². The number of thiophene rings is 1. The smallest absolute Gasteiger partial charge is 0.0602 e. The predicted octanol–water partition coefficient (Wildman–Crippen LogP) is 5.06. The monoisotopic (exact) mass is 299 g/mol. The average Bonchev–Trinajstić information content (AvgIpc) is 2.76. The number of nitrogens with one attached hydrogen (secondary N) is 1. The van der Waals surface area contributed by atoms with Gasteiger partial charge in [-0.15, -0.1) is 11.3 Å². The Morgan fingerprint density at radius 2 is 2.00 bits per heavy atom. The van der Waals surface area contributed by atoms with Crippen LogP contribution in [0.1, 0.15) is 29.0 Å². The van der Waals surface area contributed by atoms with Gasteiger partial charge in [0.05, 0.1) is 6.04 Å². The van der Waals surface area contributed by atoms with Crippen LogP contribution in [0, 0.1) is 6.92 Å². The zero-order valence-electron chi connectivity index (χ0n) is 10.3. The Bertz CT molecular complexity index is 536. The van der Waals surface area contributed by atoms with Crippen molar-refractivity contribution in [1.82, 2.24) is 5.32 Å². The first kappa shape index (κ1) is 13.9. The molecule has 96 valence electrons. The maximum absolute atomic E-state index is 6.30. The molecule has 1 nitrogen and oxygen atoms in total. The molecule has 0 amide bonds. The Hall–Kier alpha value is -0.540. The van der Waals surface area contributed by atoms with Gasteiger partial charge >= 0.3 is 0 Å². The fourth-order valence-corrected chi connectivity index (χ4v) is 3.17. The molecule has 2 aromatic rings. The molecule has 0 bridgehead atoms. The number of rotatable bonds is 4. The highest BCUT2D eigenvalue weighted by Crippen LogP contribution is 2.33. The summed E-state index contributed by atoms with van der Waals surface area (Å²) in [6.45, 7) is 5.10. The minimum Gasteiger partial charge on any atom is -0.306 e. The molecule has 1 aromatic carbocycles. The van der Waals surface area contributed by atoms with E-state index in [-0.39, 0.29) is 6.04 Å². The average molecular weight is 300 g/mol. The molecule has 0 aliphatic rings. The quantitative estimate of drug-likeness (QED) is 0.832. The molecular weight excluding hydrogens is 285 g/mol. The van der Waals surface area contributed by atoms with E-state index in [1.54, 1.807) is 11.3 Å². The van der Waals surface area contributed by atoms with Gasteiger partial charge in [-0.3, -0.25) is 0 Å². The van der Waals surface area contributed by atoms with Crippen molar-refractivity contribution in [1.29, 1.82) is 0 Å². The SMILES string of the molecule is CCNC(c1cc(Cl)ccc1Cl)c1ccsc1C. The fraction of sp³-hybridized carbons (Fsp3) is 0.286. The molecule has 0 spiro atoms. The highest BCUT2D eigenvalue weighted by atomic mass is 35.5. The molecule has 1 unspecified atom stereocenters. The lowest BCUT2D eigenvalue weighted by atomic mass is 9.99. The van der Waals surface area contributed by atoms with Crippen LogP contribution in [0.2, 0.25) is 10.0 Å². The summed E-state index contributed by atoms with van der Waals surface area (Å²) < 4.78 is 0. The van der Waals surface area contributed by atoms with Crippen molar-refractivity contribution in [2.75, 3.05) is 6.54 Å². The minimum atomic E-state index is 0.104. The lowest BCUT2D eigenvalue weighted by Crippen LogP contribution is -2.22. The van der Waals surface area contributed by atoms with Gasteiger partial charge in [0.15, 0.2) is 0 Å². The van der Waals surface area contributed by atoms with Gasteiger partial charge in [-0.2, -0.15) is 0 Å². The predicted molar refractivity (Wildman–Crippen MR) is 81.0 cm³/mol. The van der Waals surface area contributed by atoms with Crippen molar-refractivity contribution < 1.29 is 0 Å². The van der Waals surface area contributed by atoms with E-state index in [2.05, 4.69) is 30.6 Å². The summed E-state index contributed by atoms with van der Waals surface area (Å²) in [5.41, 5.74) is 2.30. The zero-order chi connectivity index (χ0) is 13.1. The number of hydrogen-bond acceptors (Lipinski definition) is 2. The van der Waals surface area contributed by atoms with E-state index in [1.807, 2.05) is 18.2 Å². The summed E-state index contributed by atoms with van der Waals surface area (Å²) in [7, 11) is 0. The van der Waals surface area contributed by atoms with E-state index in [0.717, 1.165) is 17.1 Å². The highest BCUT2D eigenvalue weighted by Gasteiger charge is 2.18. The van der Waals surface area contributed by atoms with E-state index >= 15 is 0 Å². The Morgan fingerprint density at radius 1 is 1.22 bits per heavy atom. The fourth-order valence-electron chi connectivity index (χ4n) is 2.02. The van der Waals surface area contributed by atoms with Crippen molar-refractivity contribution >= 4 is 34.5 Å². The summed E-state index contributed by atoms with van der Waals surface area (Å²) in [4.78, 5) is 1.30. The van der Waals surface area contributed by atoms with Crippen LogP contribution < -0.4 is 5.32 Å². The third kappa shape index (κ3) is 2.89. The Labute approximate surface area is 122 Å². The topological polar surface area (TPSA) is 12.0 Å². The molecule has 0 aliphatic carbocycles. The molecule has 1 aromatic heterocycles. The van der Waals surface area contributed by atoms with Gasteiger partial charge in [0, 0.05) is 14.9 Å². The van der Waals surface area contributed by atoms with Gasteiger partial charge in [0.1, 0.15) is 0 Å². The number of halogens is 2. The first-order chi connectivity index (χ1) is 8.63.